The van der Waals surface area contributed by atoms with E-state index in [1.54, 1.807) is 11.3 Å². The molecule has 0 saturated heterocycles. The normalized spacial score (nSPS) is 24.6. The summed E-state index contributed by atoms with van der Waals surface area (Å²) in [4.78, 5) is 11.9. The Morgan fingerprint density at radius 1 is 1.62 bits per heavy atom. The number of thioether (sulfide) groups is 1. The SMILES string of the molecule is CCS[C@H]1CCC[C@H]1NC(=O)c1ccsc1. The Morgan fingerprint density at radius 3 is 3.19 bits per heavy atom. The lowest BCUT2D eigenvalue weighted by molar-refractivity contribution is 0.0939. The molecular weight excluding hydrogens is 238 g/mol. The zero-order chi connectivity index (χ0) is 11.4. The van der Waals surface area contributed by atoms with Crippen molar-refractivity contribution in [3.63, 3.8) is 0 Å². The van der Waals surface area contributed by atoms with Crippen molar-refractivity contribution in [2.75, 3.05) is 5.75 Å². The van der Waals surface area contributed by atoms with Gasteiger partial charge in [-0.15, -0.1) is 0 Å². The van der Waals surface area contributed by atoms with Crippen molar-refractivity contribution in [1.82, 2.24) is 5.32 Å². The fourth-order valence-electron chi connectivity index (χ4n) is 2.15. The molecule has 1 heterocycles. The summed E-state index contributed by atoms with van der Waals surface area (Å²) < 4.78 is 0. The molecule has 2 atom stereocenters. The summed E-state index contributed by atoms with van der Waals surface area (Å²) in [5, 5.41) is 7.64. The predicted molar refractivity (Wildman–Crippen MR) is 71.3 cm³/mol. The van der Waals surface area contributed by atoms with Crippen molar-refractivity contribution < 1.29 is 4.79 Å². The lowest BCUT2D eigenvalue weighted by Gasteiger charge is -2.19. The minimum Gasteiger partial charge on any atom is -0.348 e. The number of nitrogens with one attached hydrogen (secondary N) is 1. The molecule has 4 heteroatoms. The van der Waals surface area contributed by atoms with E-state index in [0.717, 1.165) is 17.7 Å². The maximum absolute atomic E-state index is 11.9. The Morgan fingerprint density at radius 2 is 2.50 bits per heavy atom. The maximum Gasteiger partial charge on any atom is 0.252 e. The minimum absolute atomic E-state index is 0.0925. The van der Waals surface area contributed by atoms with Crippen LogP contribution in [0, 0.1) is 0 Å². The topological polar surface area (TPSA) is 29.1 Å². The third-order valence-corrected chi connectivity index (χ3v) is 4.94. The fourth-order valence-corrected chi connectivity index (χ4v) is 3.98. The van der Waals surface area contributed by atoms with Crippen LogP contribution in [-0.4, -0.2) is 23.0 Å². The van der Waals surface area contributed by atoms with E-state index in [4.69, 9.17) is 0 Å². The first-order valence-corrected chi connectivity index (χ1v) is 7.75. The number of carbonyl (C=O) groups excluding carboxylic acids is 1. The van der Waals surface area contributed by atoms with Crippen LogP contribution in [0.4, 0.5) is 0 Å². The highest BCUT2D eigenvalue weighted by atomic mass is 32.2. The molecule has 1 N–H and O–H groups in total. The van der Waals surface area contributed by atoms with E-state index in [9.17, 15) is 4.79 Å². The molecule has 2 rings (SSSR count). The Balaban J connectivity index is 1.91. The van der Waals surface area contributed by atoms with Gasteiger partial charge < -0.3 is 5.32 Å². The summed E-state index contributed by atoms with van der Waals surface area (Å²) >= 11 is 3.54. The van der Waals surface area contributed by atoms with Crippen molar-refractivity contribution in [3.8, 4) is 0 Å². The molecule has 1 saturated carbocycles. The summed E-state index contributed by atoms with van der Waals surface area (Å²) in [6.07, 6.45) is 3.62. The van der Waals surface area contributed by atoms with Crippen molar-refractivity contribution in [1.29, 1.82) is 0 Å². The van der Waals surface area contributed by atoms with Crippen LogP contribution in [0.25, 0.3) is 0 Å². The first kappa shape index (κ1) is 12.0. The van der Waals surface area contributed by atoms with Crippen molar-refractivity contribution >= 4 is 29.0 Å². The van der Waals surface area contributed by atoms with Gasteiger partial charge >= 0.3 is 0 Å². The van der Waals surface area contributed by atoms with E-state index in [1.165, 1.54) is 12.8 Å². The average molecular weight is 255 g/mol. The largest absolute Gasteiger partial charge is 0.348 e. The van der Waals surface area contributed by atoms with E-state index in [2.05, 4.69) is 12.2 Å². The smallest absolute Gasteiger partial charge is 0.252 e. The van der Waals surface area contributed by atoms with Gasteiger partial charge in [0.1, 0.15) is 0 Å². The molecule has 0 aliphatic heterocycles. The van der Waals surface area contributed by atoms with Gasteiger partial charge in [-0.1, -0.05) is 13.3 Å². The number of hydrogen-bond donors (Lipinski definition) is 1. The minimum atomic E-state index is 0.0925. The summed E-state index contributed by atoms with van der Waals surface area (Å²) in [5.41, 5.74) is 0.803. The van der Waals surface area contributed by atoms with Gasteiger partial charge in [-0.3, -0.25) is 4.79 Å². The van der Waals surface area contributed by atoms with Gasteiger partial charge in [0.15, 0.2) is 0 Å². The van der Waals surface area contributed by atoms with Gasteiger partial charge in [0, 0.05) is 22.2 Å². The van der Waals surface area contributed by atoms with Crippen molar-refractivity contribution in [3.05, 3.63) is 22.4 Å². The zero-order valence-corrected chi connectivity index (χ0v) is 11.1. The molecule has 1 aliphatic carbocycles. The van der Waals surface area contributed by atoms with Gasteiger partial charge in [-0.2, -0.15) is 23.1 Å². The Bertz CT molecular complexity index is 337. The molecule has 1 amide bonds. The third kappa shape index (κ3) is 2.80. The Kier molecular flexibility index (Phi) is 4.29. The molecule has 1 fully saturated rings. The van der Waals surface area contributed by atoms with Crippen LogP contribution < -0.4 is 5.32 Å². The number of hydrogen-bond acceptors (Lipinski definition) is 3. The molecular formula is C12H17NOS2. The quantitative estimate of drug-likeness (QED) is 0.895. The van der Waals surface area contributed by atoms with E-state index in [0.29, 0.717) is 11.3 Å². The number of amides is 1. The lowest BCUT2D eigenvalue weighted by Crippen LogP contribution is -2.38. The van der Waals surface area contributed by atoms with Gasteiger partial charge in [0.2, 0.25) is 0 Å². The van der Waals surface area contributed by atoms with Gasteiger partial charge in [0.25, 0.3) is 5.91 Å². The first-order chi connectivity index (χ1) is 7.81. The van der Waals surface area contributed by atoms with E-state index in [1.807, 2.05) is 28.6 Å². The van der Waals surface area contributed by atoms with E-state index >= 15 is 0 Å². The summed E-state index contributed by atoms with van der Waals surface area (Å²) in [6.45, 7) is 2.18. The molecule has 0 unspecified atom stereocenters. The second kappa shape index (κ2) is 5.73. The second-order valence-corrected chi connectivity index (χ2v) is 6.31. The maximum atomic E-state index is 11.9. The summed E-state index contributed by atoms with van der Waals surface area (Å²) in [7, 11) is 0. The fraction of sp³-hybridized carbons (Fsp3) is 0.583. The van der Waals surface area contributed by atoms with Crippen LogP contribution in [0.5, 0.6) is 0 Å². The molecule has 0 bridgehead atoms. The molecule has 1 aromatic heterocycles. The number of thiophene rings is 1. The van der Waals surface area contributed by atoms with E-state index in [-0.39, 0.29) is 5.91 Å². The van der Waals surface area contributed by atoms with Gasteiger partial charge in [-0.25, -0.2) is 0 Å². The van der Waals surface area contributed by atoms with Crippen LogP contribution in [0.15, 0.2) is 16.8 Å². The highest BCUT2D eigenvalue weighted by Gasteiger charge is 2.28. The predicted octanol–water partition coefficient (Wildman–Crippen LogP) is 3.15. The van der Waals surface area contributed by atoms with Crippen LogP contribution in [0.3, 0.4) is 0 Å². The average Bonchev–Trinajstić information content (AvgIpc) is 2.90. The molecule has 1 aromatic rings. The summed E-state index contributed by atoms with van der Waals surface area (Å²) in [6, 6.07) is 2.26. The van der Waals surface area contributed by atoms with E-state index < -0.39 is 0 Å². The molecule has 88 valence electrons. The molecule has 0 spiro atoms. The summed E-state index contributed by atoms with van der Waals surface area (Å²) in [5.74, 6) is 1.23. The van der Waals surface area contributed by atoms with Crippen molar-refractivity contribution in [2.45, 2.75) is 37.5 Å². The van der Waals surface area contributed by atoms with Crippen LogP contribution in [0.2, 0.25) is 0 Å². The van der Waals surface area contributed by atoms with Gasteiger partial charge in [0.05, 0.1) is 0 Å². The van der Waals surface area contributed by atoms with Crippen molar-refractivity contribution in [2.24, 2.45) is 0 Å². The lowest BCUT2D eigenvalue weighted by atomic mass is 10.2. The van der Waals surface area contributed by atoms with Gasteiger partial charge in [-0.05, 0) is 30.0 Å². The molecule has 0 aromatic carbocycles. The highest BCUT2D eigenvalue weighted by Crippen LogP contribution is 2.30. The second-order valence-electron chi connectivity index (χ2n) is 4.02. The zero-order valence-electron chi connectivity index (χ0n) is 9.44. The van der Waals surface area contributed by atoms with Crippen LogP contribution in [0.1, 0.15) is 36.5 Å². The standard InChI is InChI=1S/C12H17NOS2/c1-2-16-11-5-3-4-10(11)13-12(14)9-6-7-15-8-9/h6-8,10-11H,2-5H2,1H3,(H,13,14)/t10-,11+/m1/s1. The third-order valence-electron chi connectivity index (χ3n) is 2.93. The molecule has 0 radical (unpaired) electrons. The van der Waals surface area contributed by atoms with Crippen LogP contribution in [-0.2, 0) is 0 Å². The molecule has 1 aliphatic rings. The molecule has 16 heavy (non-hydrogen) atoms. The Hall–Kier alpha value is -0.480. The number of rotatable bonds is 4. The highest BCUT2D eigenvalue weighted by molar-refractivity contribution is 7.99. The number of carbonyl (C=O) groups is 1. The Labute approximate surface area is 105 Å². The van der Waals surface area contributed by atoms with Crippen LogP contribution >= 0.6 is 23.1 Å². The monoisotopic (exact) mass is 255 g/mol. The first-order valence-electron chi connectivity index (χ1n) is 5.76. The molecule has 2 nitrogen and oxygen atoms in total.